The van der Waals surface area contributed by atoms with Crippen LogP contribution in [0.5, 0.6) is 5.75 Å². The molecule has 3 aromatic rings. The summed E-state index contributed by atoms with van der Waals surface area (Å²) in [4.78, 5) is 3.02. The van der Waals surface area contributed by atoms with Crippen LogP contribution in [0.4, 0.5) is 0 Å². The molecule has 2 heterocycles. The van der Waals surface area contributed by atoms with Gasteiger partial charge in [0.2, 0.25) is 0 Å². The Labute approximate surface area is 104 Å². The first-order chi connectivity index (χ1) is 8.84. The van der Waals surface area contributed by atoms with Crippen molar-refractivity contribution < 1.29 is 9.84 Å². The summed E-state index contributed by atoms with van der Waals surface area (Å²) in [5.74, 6) is 0.270. The summed E-state index contributed by atoms with van der Waals surface area (Å²) in [5, 5.41) is 10.4. The zero-order valence-electron chi connectivity index (χ0n) is 9.84. The van der Waals surface area contributed by atoms with E-state index < -0.39 is 0 Å². The molecule has 4 nitrogen and oxygen atoms in total. The van der Waals surface area contributed by atoms with Crippen LogP contribution in [0.3, 0.4) is 0 Å². The van der Waals surface area contributed by atoms with Crippen molar-refractivity contribution >= 4 is 11.0 Å². The second-order valence-corrected chi connectivity index (χ2v) is 4.18. The molecule has 2 aromatic heterocycles. The van der Waals surface area contributed by atoms with E-state index in [1.165, 1.54) is 0 Å². The van der Waals surface area contributed by atoms with Crippen LogP contribution in [0.2, 0.25) is 0 Å². The lowest BCUT2D eigenvalue weighted by atomic mass is 10.2. The summed E-state index contributed by atoms with van der Waals surface area (Å²) in [5.41, 5.74) is 2.02. The molecule has 0 aliphatic rings. The summed E-state index contributed by atoms with van der Waals surface area (Å²) in [6, 6.07) is 11.9. The van der Waals surface area contributed by atoms with E-state index in [2.05, 4.69) is 4.98 Å². The first-order valence-corrected chi connectivity index (χ1v) is 5.81. The van der Waals surface area contributed by atoms with Gasteiger partial charge in [-0.25, -0.2) is 0 Å². The van der Waals surface area contributed by atoms with E-state index in [0.29, 0.717) is 13.3 Å². The van der Waals surface area contributed by atoms with Gasteiger partial charge >= 0.3 is 0 Å². The predicted octanol–water partition coefficient (Wildman–Crippen LogP) is 2.85. The lowest BCUT2D eigenvalue weighted by Crippen LogP contribution is -2.01. The molecule has 1 aromatic carbocycles. The molecule has 0 unspecified atom stereocenters. The fourth-order valence-corrected chi connectivity index (χ4v) is 2.00. The molecular weight excluding hydrogens is 228 g/mol. The van der Waals surface area contributed by atoms with Gasteiger partial charge in [0.15, 0.2) is 0 Å². The predicted molar refractivity (Wildman–Crippen MR) is 69.2 cm³/mol. The Balaban J connectivity index is 1.67. The van der Waals surface area contributed by atoms with Gasteiger partial charge in [0.1, 0.15) is 18.1 Å². The fraction of sp³-hybridized carbons (Fsp3) is 0.143. The molecule has 0 spiro atoms. The molecule has 0 radical (unpaired) electrons. The van der Waals surface area contributed by atoms with Crippen molar-refractivity contribution in [2.24, 2.45) is 0 Å². The van der Waals surface area contributed by atoms with E-state index in [1.54, 1.807) is 6.20 Å². The Morgan fingerprint density at radius 2 is 2.00 bits per heavy atom. The Kier molecular flexibility index (Phi) is 2.78. The normalized spacial score (nSPS) is 11.1. The number of hydrogen-bond donors (Lipinski definition) is 2. The summed E-state index contributed by atoms with van der Waals surface area (Å²) in [6.07, 6.45) is 3.48. The summed E-state index contributed by atoms with van der Waals surface area (Å²) < 4.78 is 7.57. The van der Waals surface area contributed by atoms with Crippen molar-refractivity contribution in [2.45, 2.75) is 13.3 Å². The van der Waals surface area contributed by atoms with Gasteiger partial charge in [-0.2, -0.15) is 0 Å². The number of aromatic nitrogens is 2. The van der Waals surface area contributed by atoms with E-state index in [4.69, 9.17) is 4.74 Å². The zero-order chi connectivity index (χ0) is 12.4. The third-order valence-corrected chi connectivity index (χ3v) is 2.93. The van der Waals surface area contributed by atoms with Crippen molar-refractivity contribution in [3.8, 4) is 5.75 Å². The van der Waals surface area contributed by atoms with Crippen LogP contribution in [0.1, 0.15) is 5.56 Å². The number of nitrogens with one attached hydrogen (secondary N) is 1. The second kappa shape index (κ2) is 4.58. The standard InChI is InChI=1S/C14H14N2O2/c17-13-8-15-14-12(13)6-7-16(14)10-18-9-11-4-2-1-3-5-11/h1-8,15,17H,9-10H2. The molecule has 0 atom stereocenters. The number of rotatable bonds is 4. The molecule has 0 saturated heterocycles. The average Bonchev–Trinajstić information content (AvgIpc) is 2.96. The van der Waals surface area contributed by atoms with Crippen LogP contribution < -0.4 is 0 Å². The van der Waals surface area contributed by atoms with Gasteiger partial charge in [-0.15, -0.1) is 0 Å². The zero-order valence-corrected chi connectivity index (χ0v) is 9.84. The van der Waals surface area contributed by atoms with Gasteiger partial charge in [-0.3, -0.25) is 0 Å². The van der Waals surface area contributed by atoms with Crippen molar-refractivity contribution in [2.75, 3.05) is 0 Å². The largest absolute Gasteiger partial charge is 0.506 e. The number of nitrogens with zero attached hydrogens (tertiary/aromatic N) is 1. The van der Waals surface area contributed by atoms with Gasteiger partial charge in [0.05, 0.1) is 12.0 Å². The molecule has 0 aliphatic heterocycles. The number of aromatic hydroxyl groups is 1. The fourth-order valence-electron chi connectivity index (χ4n) is 2.00. The first kappa shape index (κ1) is 10.9. The lowest BCUT2D eigenvalue weighted by Gasteiger charge is -2.06. The highest BCUT2D eigenvalue weighted by atomic mass is 16.5. The van der Waals surface area contributed by atoms with Gasteiger partial charge in [-0.1, -0.05) is 30.3 Å². The van der Waals surface area contributed by atoms with Crippen LogP contribution in [0.25, 0.3) is 11.0 Å². The third-order valence-electron chi connectivity index (χ3n) is 2.93. The van der Waals surface area contributed by atoms with Crippen LogP contribution in [0.15, 0.2) is 48.8 Å². The molecule has 4 heteroatoms. The SMILES string of the molecule is Oc1c[nH]c2c1ccn2COCc1ccccc1. The second-order valence-electron chi connectivity index (χ2n) is 4.18. The number of hydrogen-bond acceptors (Lipinski definition) is 2. The van der Waals surface area contributed by atoms with E-state index in [1.807, 2.05) is 47.2 Å². The van der Waals surface area contributed by atoms with E-state index >= 15 is 0 Å². The molecule has 3 rings (SSSR count). The highest BCUT2D eigenvalue weighted by Gasteiger charge is 2.06. The maximum Gasteiger partial charge on any atom is 0.142 e. The summed E-state index contributed by atoms with van der Waals surface area (Å²) >= 11 is 0. The Bertz CT molecular complexity index is 640. The van der Waals surface area contributed by atoms with Gasteiger partial charge in [0.25, 0.3) is 0 Å². The average molecular weight is 242 g/mol. The number of benzene rings is 1. The van der Waals surface area contributed by atoms with Crippen LogP contribution in [-0.2, 0) is 18.1 Å². The first-order valence-electron chi connectivity index (χ1n) is 5.81. The molecule has 18 heavy (non-hydrogen) atoms. The topological polar surface area (TPSA) is 50.2 Å². The van der Waals surface area contributed by atoms with Crippen LogP contribution in [-0.4, -0.2) is 14.7 Å². The highest BCUT2D eigenvalue weighted by Crippen LogP contribution is 2.24. The minimum Gasteiger partial charge on any atom is -0.506 e. The Morgan fingerprint density at radius 1 is 1.17 bits per heavy atom. The van der Waals surface area contributed by atoms with Crippen LogP contribution in [0, 0.1) is 0 Å². The maximum atomic E-state index is 9.54. The quantitative estimate of drug-likeness (QED) is 0.739. The molecule has 0 saturated carbocycles. The molecule has 0 aliphatic carbocycles. The number of aromatic amines is 1. The van der Waals surface area contributed by atoms with E-state index in [-0.39, 0.29) is 5.75 Å². The Hall–Kier alpha value is -2.20. The Morgan fingerprint density at radius 3 is 2.83 bits per heavy atom. The third kappa shape index (κ3) is 1.98. The van der Waals surface area contributed by atoms with Gasteiger partial charge in [0, 0.05) is 12.4 Å². The summed E-state index contributed by atoms with van der Waals surface area (Å²) in [6.45, 7) is 1.03. The van der Waals surface area contributed by atoms with Crippen molar-refractivity contribution in [3.05, 3.63) is 54.4 Å². The molecule has 0 bridgehead atoms. The van der Waals surface area contributed by atoms with Crippen LogP contribution >= 0.6 is 0 Å². The minimum atomic E-state index is 0.270. The van der Waals surface area contributed by atoms with Crippen molar-refractivity contribution in [3.63, 3.8) is 0 Å². The van der Waals surface area contributed by atoms with Gasteiger partial charge < -0.3 is 19.4 Å². The monoisotopic (exact) mass is 242 g/mol. The summed E-state index contributed by atoms with van der Waals surface area (Å²) in [7, 11) is 0. The van der Waals surface area contributed by atoms with Crippen molar-refractivity contribution in [1.29, 1.82) is 0 Å². The molecule has 92 valence electrons. The van der Waals surface area contributed by atoms with Gasteiger partial charge in [-0.05, 0) is 11.6 Å². The minimum absolute atomic E-state index is 0.270. The molecule has 2 N–H and O–H groups in total. The molecule has 0 amide bonds. The molecule has 0 fully saturated rings. The lowest BCUT2D eigenvalue weighted by molar-refractivity contribution is 0.0665. The smallest absolute Gasteiger partial charge is 0.142 e. The molecular formula is C14H14N2O2. The number of ether oxygens (including phenoxy) is 1. The van der Waals surface area contributed by atoms with E-state index in [0.717, 1.165) is 16.6 Å². The van der Waals surface area contributed by atoms with Crippen molar-refractivity contribution in [1.82, 2.24) is 9.55 Å². The number of H-pyrrole nitrogens is 1. The number of fused-ring (bicyclic) bond motifs is 1. The highest BCUT2D eigenvalue weighted by molar-refractivity contribution is 5.83. The van der Waals surface area contributed by atoms with E-state index in [9.17, 15) is 5.11 Å². The maximum absolute atomic E-state index is 9.54.